The summed E-state index contributed by atoms with van der Waals surface area (Å²) >= 11 is 0. The van der Waals surface area contributed by atoms with E-state index < -0.39 is 0 Å². The van der Waals surface area contributed by atoms with Crippen molar-refractivity contribution >= 4 is 5.91 Å². The highest BCUT2D eigenvalue weighted by Gasteiger charge is 2.14. The van der Waals surface area contributed by atoms with Gasteiger partial charge in [0.2, 0.25) is 5.91 Å². The molecular formula is C8H19N3O. The average Bonchev–Trinajstić information content (AvgIpc) is 1.98. The van der Waals surface area contributed by atoms with E-state index in [0.29, 0.717) is 6.42 Å². The van der Waals surface area contributed by atoms with E-state index in [1.807, 2.05) is 19.0 Å². The fraction of sp³-hybridized carbons (Fsp3) is 0.875. The van der Waals surface area contributed by atoms with E-state index in [1.54, 1.807) is 14.1 Å². The maximum atomic E-state index is 11.2. The van der Waals surface area contributed by atoms with E-state index in [2.05, 4.69) is 0 Å². The molecule has 12 heavy (non-hydrogen) atoms. The van der Waals surface area contributed by atoms with Gasteiger partial charge in [-0.15, -0.1) is 0 Å². The Hall–Kier alpha value is -0.610. The van der Waals surface area contributed by atoms with E-state index >= 15 is 0 Å². The molecule has 0 aromatic heterocycles. The van der Waals surface area contributed by atoms with Crippen LogP contribution in [0.2, 0.25) is 0 Å². The number of carbonyl (C=O) groups excluding carboxylic acids is 1. The number of nitrogens with two attached hydrogens (primary N) is 1. The molecule has 0 heterocycles. The predicted molar refractivity (Wildman–Crippen MR) is 49.8 cm³/mol. The molecule has 0 aromatic rings. The highest BCUT2D eigenvalue weighted by Crippen LogP contribution is 1.93. The van der Waals surface area contributed by atoms with Gasteiger partial charge >= 0.3 is 0 Å². The molecule has 72 valence electrons. The lowest BCUT2D eigenvalue weighted by Gasteiger charge is -2.18. The number of amides is 1. The molecule has 1 atom stereocenters. The van der Waals surface area contributed by atoms with Gasteiger partial charge in [0.05, 0.1) is 6.04 Å². The van der Waals surface area contributed by atoms with Crippen LogP contribution < -0.4 is 5.73 Å². The molecule has 0 saturated carbocycles. The van der Waals surface area contributed by atoms with Gasteiger partial charge in [0, 0.05) is 14.1 Å². The summed E-state index contributed by atoms with van der Waals surface area (Å²) in [7, 11) is 7.37. The van der Waals surface area contributed by atoms with Gasteiger partial charge in [0.1, 0.15) is 0 Å². The smallest absolute Gasteiger partial charge is 0.239 e. The van der Waals surface area contributed by atoms with Gasteiger partial charge < -0.3 is 15.5 Å². The number of likely N-dealkylation sites (N-methyl/N-ethyl adjacent to an activating group) is 1. The van der Waals surface area contributed by atoms with Crippen molar-refractivity contribution < 1.29 is 4.79 Å². The van der Waals surface area contributed by atoms with Crippen molar-refractivity contribution in [2.24, 2.45) is 5.73 Å². The van der Waals surface area contributed by atoms with Crippen molar-refractivity contribution in [1.82, 2.24) is 9.80 Å². The zero-order valence-corrected chi connectivity index (χ0v) is 8.37. The third-order valence-electron chi connectivity index (χ3n) is 1.65. The second-order valence-corrected chi connectivity index (χ2v) is 3.43. The summed E-state index contributed by atoms with van der Waals surface area (Å²) in [5.74, 6) is -0.00292. The van der Waals surface area contributed by atoms with E-state index in [1.165, 1.54) is 4.90 Å². The normalized spacial score (nSPS) is 13.2. The quantitative estimate of drug-likeness (QED) is 0.615. The molecule has 0 aliphatic heterocycles. The van der Waals surface area contributed by atoms with E-state index in [-0.39, 0.29) is 11.9 Å². The third kappa shape index (κ3) is 4.31. The van der Waals surface area contributed by atoms with Gasteiger partial charge in [-0.2, -0.15) is 0 Å². The van der Waals surface area contributed by atoms with Crippen LogP contribution >= 0.6 is 0 Å². The Bertz CT molecular complexity index is 145. The average molecular weight is 173 g/mol. The first-order valence-electron chi connectivity index (χ1n) is 4.06. The van der Waals surface area contributed by atoms with Gasteiger partial charge in [0.25, 0.3) is 0 Å². The summed E-state index contributed by atoms with van der Waals surface area (Å²) in [5.41, 5.74) is 5.65. The molecular weight excluding hydrogens is 154 g/mol. The van der Waals surface area contributed by atoms with Crippen molar-refractivity contribution in [1.29, 1.82) is 0 Å². The molecule has 0 saturated heterocycles. The summed E-state index contributed by atoms with van der Waals surface area (Å²) in [4.78, 5) is 14.8. The molecule has 2 N–H and O–H groups in total. The number of hydrogen-bond donors (Lipinski definition) is 1. The first kappa shape index (κ1) is 11.4. The number of rotatable bonds is 4. The van der Waals surface area contributed by atoms with Gasteiger partial charge in [-0.3, -0.25) is 4.79 Å². The Morgan fingerprint density at radius 3 is 2.17 bits per heavy atom. The van der Waals surface area contributed by atoms with Crippen LogP contribution in [-0.2, 0) is 4.79 Å². The fourth-order valence-electron chi connectivity index (χ4n) is 0.852. The van der Waals surface area contributed by atoms with Crippen LogP contribution in [0, 0.1) is 0 Å². The topological polar surface area (TPSA) is 49.6 Å². The summed E-state index contributed by atoms with van der Waals surface area (Å²) in [6, 6.07) is -0.359. The molecule has 0 aromatic carbocycles. The van der Waals surface area contributed by atoms with Crippen LogP contribution in [0.25, 0.3) is 0 Å². The molecule has 0 fully saturated rings. The SMILES string of the molecule is CN(C)CCC(N)C(=O)N(C)C. The zero-order valence-electron chi connectivity index (χ0n) is 8.37. The lowest BCUT2D eigenvalue weighted by molar-refractivity contribution is -0.130. The Morgan fingerprint density at radius 2 is 1.83 bits per heavy atom. The highest BCUT2D eigenvalue weighted by molar-refractivity contribution is 5.81. The van der Waals surface area contributed by atoms with Crippen molar-refractivity contribution in [3.63, 3.8) is 0 Å². The van der Waals surface area contributed by atoms with Crippen molar-refractivity contribution in [3.8, 4) is 0 Å². The maximum Gasteiger partial charge on any atom is 0.239 e. The Morgan fingerprint density at radius 1 is 1.33 bits per heavy atom. The molecule has 0 radical (unpaired) electrons. The highest BCUT2D eigenvalue weighted by atomic mass is 16.2. The van der Waals surface area contributed by atoms with E-state index in [9.17, 15) is 4.79 Å². The third-order valence-corrected chi connectivity index (χ3v) is 1.65. The first-order chi connectivity index (χ1) is 5.45. The predicted octanol–water partition coefficient (Wildman–Crippen LogP) is -0.646. The van der Waals surface area contributed by atoms with E-state index in [4.69, 9.17) is 5.73 Å². The first-order valence-corrected chi connectivity index (χ1v) is 4.06. The largest absolute Gasteiger partial charge is 0.347 e. The number of nitrogens with zero attached hydrogens (tertiary/aromatic N) is 2. The summed E-state index contributed by atoms with van der Waals surface area (Å²) < 4.78 is 0. The van der Waals surface area contributed by atoms with Crippen LogP contribution in [0.3, 0.4) is 0 Å². The summed E-state index contributed by atoms with van der Waals surface area (Å²) in [6.07, 6.45) is 0.712. The summed E-state index contributed by atoms with van der Waals surface area (Å²) in [5, 5.41) is 0. The van der Waals surface area contributed by atoms with E-state index in [0.717, 1.165) is 6.54 Å². The van der Waals surface area contributed by atoms with Crippen molar-refractivity contribution in [2.75, 3.05) is 34.7 Å². The van der Waals surface area contributed by atoms with Crippen LogP contribution in [0.5, 0.6) is 0 Å². The number of carbonyl (C=O) groups is 1. The minimum Gasteiger partial charge on any atom is -0.347 e. The molecule has 1 amide bonds. The van der Waals surface area contributed by atoms with Gasteiger partial charge in [-0.25, -0.2) is 0 Å². The Kier molecular flexibility index (Phi) is 4.85. The molecule has 0 aliphatic rings. The van der Waals surface area contributed by atoms with Gasteiger partial charge in [-0.1, -0.05) is 0 Å². The monoisotopic (exact) mass is 173 g/mol. The standard InChI is InChI=1S/C8H19N3O/c1-10(2)6-5-7(9)8(12)11(3)4/h7H,5-6,9H2,1-4H3. The zero-order chi connectivity index (χ0) is 9.72. The second kappa shape index (κ2) is 5.11. The fourth-order valence-corrected chi connectivity index (χ4v) is 0.852. The minimum absolute atomic E-state index is 0.00292. The molecule has 0 spiro atoms. The molecule has 1 unspecified atom stereocenters. The minimum atomic E-state index is -0.359. The second-order valence-electron chi connectivity index (χ2n) is 3.43. The van der Waals surface area contributed by atoms with Crippen LogP contribution in [-0.4, -0.2) is 56.5 Å². The molecule has 0 aliphatic carbocycles. The van der Waals surface area contributed by atoms with Gasteiger partial charge in [0.15, 0.2) is 0 Å². The van der Waals surface area contributed by atoms with Crippen molar-refractivity contribution in [2.45, 2.75) is 12.5 Å². The molecule has 4 nitrogen and oxygen atoms in total. The van der Waals surface area contributed by atoms with Crippen molar-refractivity contribution in [3.05, 3.63) is 0 Å². The van der Waals surface area contributed by atoms with Gasteiger partial charge in [-0.05, 0) is 27.1 Å². The molecule has 0 rings (SSSR count). The maximum absolute atomic E-state index is 11.2. The van der Waals surface area contributed by atoms with Crippen LogP contribution in [0.1, 0.15) is 6.42 Å². The Labute approximate surface area is 74.3 Å². The van der Waals surface area contributed by atoms with Crippen LogP contribution in [0.4, 0.5) is 0 Å². The Balaban J connectivity index is 3.72. The molecule has 0 bridgehead atoms. The number of hydrogen-bond acceptors (Lipinski definition) is 3. The lowest BCUT2D eigenvalue weighted by atomic mass is 10.2. The lowest BCUT2D eigenvalue weighted by Crippen LogP contribution is -2.41. The summed E-state index contributed by atoms with van der Waals surface area (Å²) in [6.45, 7) is 0.848. The molecule has 4 heteroatoms. The van der Waals surface area contributed by atoms with Crippen LogP contribution in [0.15, 0.2) is 0 Å².